The molecule has 144 valence electrons. The predicted octanol–water partition coefficient (Wildman–Crippen LogP) is 4.22. The Labute approximate surface area is 162 Å². The molecule has 2 aromatic rings. The maximum atomic E-state index is 11.7. The van der Waals surface area contributed by atoms with Crippen LogP contribution in [-0.2, 0) is 4.74 Å². The molecule has 1 heterocycles. The Bertz CT molecular complexity index is 968. The largest absolute Gasteiger partial charge is 0.495 e. The molecule has 0 fully saturated rings. The van der Waals surface area contributed by atoms with Gasteiger partial charge >= 0.3 is 5.97 Å². The molecule has 1 aliphatic carbocycles. The zero-order chi connectivity index (χ0) is 19.8. The lowest BCUT2D eigenvalue weighted by atomic mass is 9.76. The van der Waals surface area contributed by atoms with Gasteiger partial charge in [-0.15, -0.1) is 0 Å². The number of carbonyl (C=O) groups is 1. The summed E-state index contributed by atoms with van der Waals surface area (Å²) in [5.41, 5.74) is 2.92. The zero-order valence-electron chi connectivity index (χ0n) is 15.5. The van der Waals surface area contributed by atoms with Crippen molar-refractivity contribution < 1.29 is 19.2 Å². The molecular formula is C21H20N2O5. The van der Waals surface area contributed by atoms with Crippen molar-refractivity contribution in [2.24, 2.45) is 5.92 Å². The Morgan fingerprint density at radius 2 is 1.93 bits per heavy atom. The first kappa shape index (κ1) is 18.0. The van der Waals surface area contributed by atoms with Crippen molar-refractivity contribution in [1.82, 2.24) is 0 Å². The number of esters is 1. The van der Waals surface area contributed by atoms with Crippen LogP contribution in [-0.4, -0.2) is 25.1 Å². The number of hydrogen-bond donors (Lipinski definition) is 1. The Balaban J connectivity index is 1.79. The third-order valence-corrected chi connectivity index (χ3v) is 5.57. The van der Waals surface area contributed by atoms with Crippen LogP contribution in [0.5, 0.6) is 5.75 Å². The fourth-order valence-corrected chi connectivity index (χ4v) is 4.27. The summed E-state index contributed by atoms with van der Waals surface area (Å²) in [7, 11) is 2.91. The highest BCUT2D eigenvalue weighted by Gasteiger charge is 2.42. The van der Waals surface area contributed by atoms with Crippen LogP contribution < -0.4 is 10.1 Å². The van der Waals surface area contributed by atoms with E-state index in [9.17, 15) is 14.9 Å². The van der Waals surface area contributed by atoms with Crippen LogP contribution in [0.15, 0.2) is 48.6 Å². The van der Waals surface area contributed by atoms with E-state index >= 15 is 0 Å². The molecule has 0 radical (unpaired) electrons. The van der Waals surface area contributed by atoms with Crippen molar-refractivity contribution in [1.29, 1.82) is 0 Å². The Kier molecular flexibility index (Phi) is 4.50. The monoisotopic (exact) mass is 380 g/mol. The van der Waals surface area contributed by atoms with Gasteiger partial charge in [-0.05, 0) is 36.1 Å². The van der Waals surface area contributed by atoms with Crippen molar-refractivity contribution in [3.63, 3.8) is 0 Å². The van der Waals surface area contributed by atoms with E-state index < -0.39 is 0 Å². The number of anilines is 1. The summed E-state index contributed by atoms with van der Waals surface area (Å²) >= 11 is 0. The van der Waals surface area contributed by atoms with Gasteiger partial charge in [-0.1, -0.05) is 24.3 Å². The van der Waals surface area contributed by atoms with E-state index in [1.165, 1.54) is 13.2 Å². The number of benzene rings is 2. The molecule has 0 unspecified atom stereocenters. The fraction of sp³-hybridized carbons (Fsp3) is 0.286. The van der Waals surface area contributed by atoms with Crippen molar-refractivity contribution >= 4 is 17.3 Å². The number of nitro groups is 1. The van der Waals surface area contributed by atoms with E-state index in [-0.39, 0.29) is 34.5 Å². The minimum absolute atomic E-state index is 0.0601. The van der Waals surface area contributed by atoms with Gasteiger partial charge in [-0.2, -0.15) is 0 Å². The van der Waals surface area contributed by atoms with Gasteiger partial charge in [0.15, 0.2) is 0 Å². The molecule has 4 rings (SSSR count). The number of hydrogen-bond acceptors (Lipinski definition) is 6. The normalized spacial score (nSPS) is 22.0. The van der Waals surface area contributed by atoms with Gasteiger partial charge in [0.2, 0.25) is 0 Å². The first-order chi connectivity index (χ1) is 13.5. The first-order valence-corrected chi connectivity index (χ1v) is 9.02. The van der Waals surface area contributed by atoms with Gasteiger partial charge in [-0.25, -0.2) is 4.79 Å². The molecular weight excluding hydrogens is 360 g/mol. The van der Waals surface area contributed by atoms with E-state index in [0.29, 0.717) is 22.6 Å². The third-order valence-electron chi connectivity index (χ3n) is 5.57. The van der Waals surface area contributed by atoms with Crippen LogP contribution in [0.1, 0.15) is 39.9 Å². The second kappa shape index (κ2) is 6.99. The van der Waals surface area contributed by atoms with Gasteiger partial charge < -0.3 is 14.8 Å². The van der Waals surface area contributed by atoms with Crippen molar-refractivity contribution in [3.05, 3.63) is 75.4 Å². The molecule has 2 aromatic carbocycles. The SMILES string of the molecule is COC(=O)c1ccc([C@@H]2Nc3c(OC)ccc([N+](=O)[O-])c3[C@@H]3C=CC[C@H]32)cc1. The number of ether oxygens (including phenoxy) is 2. The van der Waals surface area contributed by atoms with E-state index in [0.717, 1.165) is 12.0 Å². The minimum atomic E-state index is -0.383. The smallest absolute Gasteiger partial charge is 0.337 e. The molecule has 7 nitrogen and oxygen atoms in total. The summed E-state index contributed by atoms with van der Waals surface area (Å²) in [5, 5.41) is 15.1. The molecule has 0 saturated heterocycles. The third kappa shape index (κ3) is 2.79. The van der Waals surface area contributed by atoms with E-state index in [4.69, 9.17) is 9.47 Å². The highest BCUT2D eigenvalue weighted by Crippen LogP contribution is 2.54. The maximum absolute atomic E-state index is 11.7. The van der Waals surface area contributed by atoms with Gasteiger partial charge in [0.25, 0.3) is 5.69 Å². The summed E-state index contributed by atoms with van der Waals surface area (Å²) in [6.45, 7) is 0. The number of nitrogens with one attached hydrogen (secondary N) is 1. The van der Waals surface area contributed by atoms with Gasteiger partial charge in [0.1, 0.15) is 5.75 Å². The average molecular weight is 380 g/mol. The fourth-order valence-electron chi connectivity index (χ4n) is 4.27. The lowest BCUT2D eigenvalue weighted by Crippen LogP contribution is -2.30. The molecule has 0 aromatic heterocycles. The van der Waals surface area contributed by atoms with Crippen molar-refractivity contribution in [2.75, 3.05) is 19.5 Å². The summed E-state index contributed by atoms with van der Waals surface area (Å²) in [6, 6.07) is 10.3. The molecule has 2 aliphatic rings. The Morgan fingerprint density at radius 1 is 1.18 bits per heavy atom. The highest BCUT2D eigenvalue weighted by molar-refractivity contribution is 5.89. The quantitative estimate of drug-likeness (QED) is 0.370. The van der Waals surface area contributed by atoms with Gasteiger partial charge in [0.05, 0.1) is 42.0 Å². The number of allylic oxidation sites excluding steroid dienone is 2. The minimum Gasteiger partial charge on any atom is -0.495 e. The van der Waals surface area contributed by atoms with Gasteiger partial charge in [-0.3, -0.25) is 10.1 Å². The molecule has 0 saturated carbocycles. The number of carbonyl (C=O) groups excluding carboxylic acids is 1. The topological polar surface area (TPSA) is 90.7 Å². The number of rotatable bonds is 4. The molecule has 0 spiro atoms. The van der Waals surface area contributed by atoms with Crippen LogP contribution in [0, 0.1) is 16.0 Å². The molecule has 3 atom stereocenters. The number of methoxy groups -OCH3 is 2. The zero-order valence-corrected chi connectivity index (χ0v) is 15.5. The van der Waals surface area contributed by atoms with Crippen LogP contribution in [0.3, 0.4) is 0 Å². The highest BCUT2D eigenvalue weighted by atomic mass is 16.6. The van der Waals surface area contributed by atoms with Crippen LogP contribution in [0.2, 0.25) is 0 Å². The molecule has 0 bridgehead atoms. The summed E-state index contributed by atoms with van der Waals surface area (Å²) in [6.07, 6.45) is 4.94. The summed E-state index contributed by atoms with van der Waals surface area (Å²) in [5.74, 6) is 0.265. The van der Waals surface area contributed by atoms with E-state index in [1.54, 1.807) is 25.3 Å². The van der Waals surface area contributed by atoms with Crippen molar-refractivity contribution in [2.45, 2.75) is 18.4 Å². The number of fused-ring (bicyclic) bond motifs is 3. The second-order valence-corrected chi connectivity index (χ2v) is 6.92. The average Bonchev–Trinajstić information content (AvgIpc) is 3.21. The van der Waals surface area contributed by atoms with Crippen LogP contribution >= 0.6 is 0 Å². The lowest BCUT2D eigenvalue weighted by molar-refractivity contribution is -0.385. The van der Waals surface area contributed by atoms with Crippen molar-refractivity contribution in [3.8, 4) is 5.75 Å². The number of nitrogens with zero attached hydrogens (tertiary/aromatic N) is 1. The molecule has 28 heavy (non-hydrogen) atoms. The van der Waals surface area contributed by atoms with Crippen LogP contribution in [0.25, 0.3) is 0 Å². The van der Waals surface area contributed by atoms with Gasteiger partial charge in [0, 0.05) is 12.0 Å². The number of nitro benzene ring substituents is 1. The standard InChI is InChI=1S/C21H20N2O5/c1-27-17-11-10-16(23(25)26)18-14-4-3-5-15(14)19(22-20(17)18)12-6-8-13(9-7-12)21(24)28-2/h3-4,6-11,14-15,19,22H,5H2,1-2H3/t14-,15-,19+/m1/s1. The first-order valence-electron chi connectivity index (χ1n) is 9.02. The molecule has 7 heteroatoms. The molecule has 1 aliphatic heterocycles. The molecule has 0 amide bonds. The predicted molar refractivity (Wildman–Crippen MR) is 104 cm³/mol. The summed E-state index contributed by atoms with van der Waals surface area (Å²) < 4.78 is 10.2. The Morgan fingerprint density at radius 3 is 2.57 bits per heavy atom. The van der Waals surface area contributed by atoms with Crippen LogP contribution in [0.4, 0.5) is 11.4 Å². The summed E-state index contributed by atoms with van der Waals surface area (Å²) in [4.78, 5) is 23.0. The van der Waals surface area contributed by atoms with E-state index in [2.05, 4.69) is 11.4 Å². The second-order valence-electron chi connectivity index (χ2n) is 6.92. The maximum Gasteiger partial charge on any atom is 0.337 e. The van der Waals surface area contributed by atoms with E-state index in [1.807, 2.05) is 18.2 Å². The lowest BCUT2D eigenvalue weighted by Gasteiger charge is -2.37. The molecule has 1 N–H and O–H groups in total. The Hall–Kier alpha value is -3.35.